The van der Waals surface area contributed by atoms with Gasteiger partial charge in [0, 0.05) is 11.8 Å². The molecule has 100 valence electrons. The molecule has 1 aromatic rings. The van der Waals surface area contributed by atoms with Gasteiger partial charge < -0.3 is 4.74 Å². The van der Waals surface area contributed by atoms with Gasteiger partial charge in [-0.15, -0.1) is 0 Å². The Hall–Kier alpha value is -1.36. The molecule has 1 aromatic heterocycles. The van der Waals surface area contributed by atoms with E-state index in [0.29, 0.717) is 11.8 Å². The van der Waals surface area contributed by atoms with Gasteiger partial charge in [-0.25, -0.2) is 10.8 Å². The molecule has 1 aliphatic rings. The van der Waals surface area contributed by atoms with Crippen molar-refractivity contribution in [2.75, 3.05) is 5.43 Å². The molecule has 0 spiro atoms. The van der Waals surface area contributed by atoms with Crippen LogP contribution in [-0.4, -0.2) is 16.1 Å². The highest BCUT2D eigenvalue weighted by atomic mass is 16.5. The van der Waals surface area contributed by atoms with E-state index >= 15 is 0 Å². The second kappa shape index (κ2) is 6.00. The Morgan fingerprint density at radius 1 is 1.50 bits per heavy atom. The zero-order valence-corrected chi connectivity index (χ0v) is 11.1. The Morgan fingerprint density at radius 3 is 3.06 bits per heavy atom. The summed E-state index contributed by atoms with van der Waals surface area (Å²) in [6.07, 6.45) is 8.07. The van der Waals surface area contributed by atoms with E-state index in [4.69, 9.17) is 10.6 Å². The van der Waals surface area contributed by atoms with Crippen molar-refractivity contribution in [2.45, 2.75) is 52.1 Å². The Labute approximate surface area is 108 Å². The van der Waals surface area contributed by atoms with Crippen LogP contribution in [0, 0.1) is 12.8 Å². The molecule has 3 N–H and O–H groups in total. The van der Waals surface area contributed by atoms with E-state index < -0.39 is 0 Å². The molecule has 1 saturated carbocycles. The zero-order valence-electron chi connectivity index (χ0n) is 11.1. The fraction of sp³-hybridized carbons (Fsp3) is 0.692. The van der Waals surface area contributed by atoms with Crippen LogP contribution in [0.5, 0.6) is 5.88 Å². The molecule has 0 aromatic carbocycles. The second-order valence-corrected chi connectivity index (χ2v) is 5.01. The molecule has 5 nitrogen and oxygen atoms in total. The molecule has 2 unspecified atom stereocenters. The third-order valence-electron chi connectivity index (χ3n) is 3.64. The number of nitrogens with one attached hydrogen (secondary N) is 1. The van der Waals surface area contributed by atoms with Crippen LogP contribution >= 0.6 is 0 Å². The van der Waals surface area contributed by atoms with Crippen molar-refractivity contribution in [3.8, 4) is 5.88 Å². The average molecular weight is 250 g/mol. The summed E-state index contributed by atoms with van der Waals surface area (Å²) in [5.41, 5.74) is 3.40. The maximum absolute atomic E-state index is 6.01. The van der Waals surface area contributed by atoms with E-state index in [1.165, 1.54) is 19.3 Å². The van der Waals surface area contributed by atoms with Gasteiger partial charge in [0.25, 0.3) is 0 Å². The molecule has 18 heavy (non-hydrogen) atoms. The lowest BCUT2D eigenvalue weighted by Crippen LogP contribution is -2.26. The number of nitrogen functional groups attached to an aromatic ring is 1. The molecule has 1 fully saturated rings. The van der Waals surface area contributed by atoms with Gasteiger partial charge in [-0.3, -0.25) is 5.43 Å². The van der Waals surface area contributed by atoms with Gasteiger partial charge >= 0.3 is 0 Å². The maximum Gasteiger partial charge on any atom is 0.240 e. The Balaban J connectivity index is 2.04. The second-order valence-electron chi connectivity index (χ2n) is 5.01. The monoisotopic (exact) mass is 250 g/mol. The Kier molecular flexibility index (Phi) is 4.36. The molecular weight excluding hydrogens is 228 g/mol. The average Bonchev–Trinajstić information content (AvgIpc) is 2.41. The van der Waals surface area contributed by atoms with Crippen LogP contribution in [0.2, 0.25) is 0 Å². The Morgan fingerprint density at radius 2 is 2.33 bits per heavy atom. The first-order valence-corrected chi connectivity index (χ1v) is 6.69. The van der Waals surface area contributed by atoms with E-state index in [1.54, 1.807) is 6.20 Å². The molecule has 2 rings (SSSR count). The van der Waals surface area contributed by atoms with Gasteiger partial charge in [-0.2, -0.15) is 4.98 Å². The largest absolute Gasteiger partial charge is 0.474 e. The normalized spacial score (nSPS) is 23.7. The van der Waals surface area contributed by atoms with Crippen molar-refractivity contribution < 1.29 is 4.74 Å². The van der Waals surface area contributed by atoms with Gasteiger partial charge in [0.05, 0.1) is 0 Å². The van der Waals surface area contributed by atoms with Crippen LogP contribution in [0.15, 0.2) is 6.20 Å². The number of aryl methyl sites for hydroxylation is 1. The first-order valence-electron chi connectivity index (χ1n) is 6.69. The van der Waals surface area contributed by atoms with Gasteiger partial charge in [0.15, 0.2) is 0 Å². The lowest BCUT2D eigenvalue weighted by atomic mass is 9.85. The molecule has 0 aliphatic heterocycles. The van der Waals surface area contributed by atoms with Gasteiger partial charge in [-0.05, 0) is 32.1 Å². The number of aromatic nitrogens is 2. The van der Waals surface area contributed by atoms with Crippen LogP contribution in [-0.2, 0) is 0 Å². The number of nitrogens with two attached hydrogens (primary N) is 1. The van der Waals surface area contributed by atoms with E-state index in [9.17, 15) is 0 Å². The van der Waals surface area contributed by atoms with Gasteiger partial charge in [0.1, 0.15) is 6.10 Å². The van der Waals surface area contributed by atoms with Crippen LogP contribution in [0.25, 0.3) is 0 Å². The molecular formula is C13H22N4O. The summed E-state index contributed by atoms with van der Waals surface area (Å²) in [6, 6.07) is 0. The minimum Gasteiger partial charge on any atom is -0.474 e. The maximum atomic E-state index is 6.01. The minimum absolute atomic E-state index is 0.280. The number of hydrogen-bond acceptors (Lipinski definition) is 5. The van der Waals surface area contributed by atoms with E-state index in [1.807, 2.05) is 6.92 Å². The molecule has 0 radical (unpaired) electrons. The summed E-state index contributed by atoms with van der Waals surface area (Å²) in [7, 11) is 0. The molecule has 1 aliphatic carbocycles. The van der Waals surface area contributed by atoms with Crippen molar-refractivity contribution in [1.82, 2.24) is 9.97 Å². The number of nitrogens with zero attached hydrogens (tertiary/aromatic N) is 2. The summed E-state index contributed by atoms with van der Waals surface area (Å²) in [6.45, 7) is 4.20. The summed E-state index contributed by atoms with van der Waals surface area (Å²) in [5, 5.41) is 0. The van der Waals surface area contributed by atoms with Crippen molar-refractivity contribution in [3.05, 3.63) is 11.8 Å². The fourth-order valence-corrected chi connectivity index (χ4v) is 2.49. The van der Waals surface area contributed by atoms with E-state index in [0.717, 1.165) is 24.3 Å². The third kappa shape index (κ3) is 3.10. The van der Waals surface area contributed by atoms with Crippen LogP contribution in [0.3, 0.4) is 0 Å². The van der Waals surface area contributed by atoms with Crippen molar-refractivity contribution in [1.29, 1.82) is 0 Å². The van der Waals surface area contributed by atoms with E-state index in [2.05, 4.69) is 22.3 Å². The van der Waals surface area contributed by atoms with Crippen LogP contribution < -0.4 is 16.0 Å². The predicted molar refractivity (Wildman–Crippen MR) is 71.2 cm³/mol. The van der Waals surface area contributed by atoms with Crippen LogP contribution in [0.4, 0.5) is 5.95 Å². The highest BCUT2D eigenvalue weighted by molar-refractivity contribution is 5.31. The predicted octanol–water partition coefficient (Wildman–Crippen LogP) is 2.42. The first kappa shape index (κ1) is 13.1. The third-order valence-corrected chi connectivity index (χ3v) is 3.64. The number of ether oxygens (including phenoxy) is 1. The summed E-state index contributed by atoms with van der Waals surface area (Å²) in [5.74, 6) is 7.16. The van der Waals surface area contributed by atoms with E-state index in [-0.39, 0.29) is 6.10 Å². The smallest absolute Gasteiger partial charge is 0.240 e. The number of hydrogen-bond donors (Lipinski definition) is 2. The van der Waals surface area contributed by atoms with Crippen molar-refractivity contribution >= 4 is 5.95 Å². The van der Waals surface area contributed by atoms with Gasteiger partial charge in [0.2, 0.25) is 11.8 Å². The number of anilines is 1. The zero-order chi connectivity index (χ0) is 13.0. The summed E-state index contributed by atoms with van der Waals surface area (Å²) >= 11 is 0. The minimum atomic E-state index is 0.280. The topological polar surface area (TPSA) is 73.1 Å². The molecule has 2 atom stereocenters. The summed E-state index contributed by atoms with van der Waals surface area (Å²) < 4.78 is 6.01. The number of hydrazine groups is 1. The van der Waals surface area contributed by atoms with Crippen molar-refractivity contribution in [2.24, 2.45) is 11.8 Å². The molecule has 5 heteroatoms. The quantitative estimate of drug-likeness (QED) is 0.634. The SMILES string of the molecule is CCC1CCCC(Oc2nc(NN)ncc2C)C1. The van der Waals surface area contributed by atoms with Crippen molar-refractivity contribution in [3.63, 3.8) is 0 Å². The Bertz CT molecular complexity index is 397. The number of rotatable bonds is 4. The lowest BCUT2D eigenvalue weighted by molar-refractivity contribution is 0.116. The standard InChI is InChI=1S/C13H22N4O/c1-3-10-5-4-6-11(7-10)18-12-9(2)8-15-13(16-12)17-14/h8,10-11H,3-7,14H2,1-2H3,(H,15,16,17). The molecule has 0 amide bonds. The van der Waals surface area contributed by atoms with Crippen LogP contribution in [0.1, 0.15) is 44.6 Å². The highest BCUT2D eigenvalue weighted by Gasteiger charge is 2.23. The first-order chi connectivity index (χ1) is 8.72. The highest BCUT2D eigenvalue weighted by Crippen LogP contribution is 2.30. The molecule has 0 bridgehead atoms. The fourth-order valence-electron chi connectivity index (χ4n) is 2.49. The van der Waals surface area contributed by atoms with Gasteiger partial charge in [-0.1, -0.05) is 19.8 Å². The summed E-state index contributed by atoms with van der Waals surface area (Å²) in [4.78, 5) is 8.32. The lowest BCUT2D eigenvalue weighted by Gasteiger charge is -2.28. The molecule has 0 saturated heterocycles. The molecule has 1 heterocycles.